The van der Waals surface area contributed by atoms with Gasteiger partial charge in [0.05, 0.1) is 6.61 Å². The number of benzene rings is 2. The monoisotopic (exact) mass is 281 g/mol. The van der Waals surface area contributed by atoms with Crippen LogP contribution in [0.4, 0.5) is 0 Å². The molecule has 1 aliphatic carbocycles. The molecule has 2 N–H and O–H groups in total. The van der Waals surface area contributed by atoms with Crippen LogP contribution in [-0.2, 0) is 12.8 Å². The lowest BCUT2D eigenvalue weighted by Gasteiger charge is -2.35. The summed E-state index contributed by atoms with van der Waals surface area (Å²) < 4.78 is 5.76. The third kappa shape index (κ3) is 3.64. The van der Waals surface area contributed by atoms with Gasteiger partial charge >= 0.3 is 0 Å². The van der Waals surface area contributed by atoms with Crippen molar-refractivity contribution in [1.29, 1.82) is 0 Å². The smallest absolute Gasteiger partial charge is 0.119 e. The van der Waals surface area contributed by atoms with Gasteiger partial charge in [-0.1, -0.05) is 42.5 Å². The maximum absolute atomic E-state index is 6.60. The molecule has 2 aromatic rings. The Bertz CT molecular complexity index is 581. The van der Waals surface area contributed by atoms with Crippen LogP contribution in [0.25, 0.3) is 0 Å². The summed E-state index contributed by atoms with van der Waals surface area (Å²) in [5.74, 6) is 0.942. The predicted molar refractivity (Wildman–Crippen MR) is 86.6 cm³/mol. The summed E-state index contributed by atoms with van der Waals surface area (Å²) in [5.41, 5.74) is 9.43. The van der Waals surface area contributed by atoms with Gasteiger partial charge in [0.15, 0.2) is 0 Å². The first-order valence-electron chi connectivity index (χ1n) is 7.79. The van der Waals surface area contributed by atoms with E-state index < -0.39 is 0 Å². The number of hydrogen-bond donors (Lipinski definition) is 1. The summed E-state index contributed by atoms with van der Waals surface area (Å²) in [6.07, 6.45) is 5.21. The Kier molecular flexibility index (Phi) is 4.26. The minimum atomic E-state index is -0.0611. The molecular weight excluding hydrogens is 258 g/mol. The van der Waals surface area contributed by atoms with Crippen molar-refractivity contribution in [2.75, 3.05) is 6.61 Å². The number of fused-ring (bicyclic) bond motifs is 1. The first kappa shape index (κ1) is 14.2. The van der Waals surface area contributed by atoms with Crippen molar-refractivity contribution in [3.05, 3.63) is 65.7 Å². The zero-order valence-corrected chi connectivity index (χ0v) is 12.4. The standard InChI is InChI=1S/C19H23NO/c20-19(12-6-14-21-18-9-2-1-3-10-18)13-11-16-7-4-5-8-17(16)15-19/h1-5,7-10H,6,11-15,20H2. The molecular formula is C19H23NO. The molecule has 0 amide bonds. The van der Waals surface area contributed by atoms with E-state index in [0.717, 1.165) is 44.5 Å². The van der Waals surface area contributed by atoms with Crippen molar-refractivity contribution in [2.45, 2.75) is 37.6 Å². The summed E-state index contributed by atoms with van der Waals surface area (Å²) >= 11 is 0. The van der Waals surface area contributed by atoms with E-state index in [9.17, 15) is 0 Å². The largest absolute Gasteiger partial charge is 0.494 e. The van der Waals surface area contributed by atoms with Crippen molar-refractivity contribution in [2.24, 2.45) is 5.73 Å². The highest BCUT2D eigenvalue weighted by molar-refractivity contribution is 5.32. The van der Waals surface area contributed by atoms with Gasteiger partial charge in [0.1, 0.15) is 5.75 Å². The second-order valence-corrected chi connectivity index (χ2v) is 6.07. The summed E-state index contributed by atoms with van der Waals surface area (Å²) in [7, 11) is 0. The van der Waals surface area contributed by atoms with Crippen LogP contribution < -0.4 is 10.5 Å². The summed E-state index contributed by atoms with van der Waals surface area (Å²) in [6, 6.07) is 18.7. The van der Waals surface area contributed by atoms with Crippen LogP contribution in [0.2, 0.25) is 0 Å². The molecule has 21 heavy (non-hydrogen) atoms. The van der Waals surface area contributed by atoms with Crippen LogP contribution in [0.1, 0.15) is 30.4 Å². The van der Waals surface area contributed by atoms with E-state index in [1.54, 1.807) is 0 Å². The Hall–Kier alpha value is -1.80. The van der Waals surface area contributed by atoms with E-state index >= 15 is 0 Å². The zero-order valence-electron chi connectivity index (χ0n) is 12.4. The lowest BCUT2D eigenvalue weighted by Crippen LogP contribution is -2.45. The van der Waals surface area contributed by atoms with E-state index in [2.05, 4.69) is 24.3 Å². The van der Waals surface area contributed by atoms with Crippen molar-refractivity contribution in [3.63, 3.8) is 0 Å². The van der Waals surface area contributed by atoms with Gasteiger partial charge in [-0.25, -0.2) is 0 Å². The fourth-order valence-corrected chi connectivity index (χ4v) is 3.17. The maximum atomic E-state index is 6.60. The van der Waals surface area contributed by atoms with Crippen LogP contribution in [0.15, 0.2) is 54.6 Å². The topological polar surface area (TPSA) is 35.2 Å². The fraction of sp³-hybridized carbons (Fsp3) is 0.368. The van der Waals surface area contributed by atoms with E-state index in [-0.39, 0.29) is 5.54 Å². The fourth-order valence-electron chi connectivity index (χ4n) is 3.17. The Morgan fingerprint density at radius 1 is 0.952 bits per heavy atom. The number of hydrogen-bond acceptors (Lipinski definition) is 2. The molecule has 2 aromatic carbocycles. The van der Waals surface area contributed by atoms with Crippen LogP contribution in [0.3, 0.4) is 0 Å². The van der Waals surface area contributed by atoms with Crippen molar-refractivity contribution >= 4 is 0 Å². The lowest BCUT2D eigenvalue weighted by atomic mass is 9.76. The van der Waals surface area contributed by atoms with Gasteiger partial charge in [-0.2, -0.15) is 0 Å². The molecule has 110 valence electrons. The first-order chi connectivity index (χ1) is 10.3. The second kappa shape index (κ2) is 6.31. The second-order valence-electron chi connectivity index (χ2n) is 6.07. The van der Waals surface area contributed by atoms with Crippen LogP contribution in [-0.4, -0.2) is 12.1 Å². The molecule has 0 saturated carbocycles. The number of para-hydroxylation sites is 1. The molecule has 2 heteroatoms. The third-order valence-electron chi connectivity index (χ3n) is 4.38. The molecule has 1 unspecified atom stereocenters. The third-order valence-corrected chi connectivity index (χ3v) is 4.38. The number of rotatable bonds is 5. The highest BCUT2D eigenvalue weighted by atomic mass is 16.5. The van der Waals surface area contributed by atoms with Gasteiger partial charge in [0.2, 0.25) is 0 Å². The number of ether oxygens (including phenoxy) is 1. The van der Waals surface area contributed by atoms with Crippen LogP contribution in [0.5, 0.6) is 5.75 Å². The average molecular weight is 281 g/mol. The highest BCUT2D eigenvalue weighted by Gasteiger charge is 2.29. The highest BCUT2D eigenvalue weighted by Crippen LogP contribution is 2.30. The van der Waals surface area contributed by atoms with Gasteiger partial charge in [0.25, 0.3) is 0 Å². The van der Waals surface area contributed by atoms with Gasteiger partial charge in [-0.05, 0) is 55.4 Å². The molecule has 0 aliphatic heterocycles. The number of nitrogens with two attached hydrogens (primary N) is 1. The Balaban J connectivity index is 1.49. The predicted octanol–water partition coefficient (Wildman–Crippen LogP) is 3.73. The normalized spacial score (nSPS) is 20.8. The molecule has 0 heterocycles. The van der Waals surface area contributed by atoms with Gasteiger partial charge in [-0.15, -0.1) is 0 Å². The Morgan fingerprint density at radius 2 is 1.67 bits per heavy atom. The van der Waals surface area contributed by atoms with E-state index in [4.69, 9.17) is 10.5 Å². The summed E-state index contributed by atoms with van der Waals surface area (Å²) in [5, 5.41) is 0. The van der Waals surface area contributed by atoms with E-state index in [0.29, 0.717) is 0 Å². The summed E-state index contributed by atoms with van der Waals surface area (Å²) in [6.45, 7) is 0.741. The maximum Gasteiger partial charge on any atom is 0.119 e. The molecule has 2 nitrogen and oxygen atoms in total. The zero-order chi connectivity index (χ0) is 14.5. The summed E-state index contributed by atoms with van der Waals surface area (Å²) in [4.78, 5) is 0. The van der Waals surface area contributed by atoms with E-state index in [1.807, 2.05) is 30.3 Å². The Labute approximate surface area is 126 Å². The van der Waals surface area contributed by atoms with E-state index in [1.165, 1.54) is 11.1 Å². The SMILES string of the molecule is NC1(CCCOc2ccccc2)CCc2ccccc2C1. The van der Waals surface area contributed by atoms with Gasteiger partial charge in [-0.3, -0.25) is 0 Å². The quantitative estimate of drug-likeness (QED) is 0.848. The molecule has 0 fully saturated rings. The van der Waals surface area contributed by atoms with Crippen molar-refractivity contribution in [1.82, 2.24) is 0 Å². The lowest BCUT2D eigenvalue weighted by molar-refractivity contribution is 0.266. The number of aryl methyl sites for hydroxylation is 1. The molecule has 0 bridgehead atoms. The van der Waals surface area contributed by atoms with Crippen LogP contribution >= 0.6 is 0 Å². The molecule has 3 rings (SSSR count). The average Bonchev–Trinajstić information content (AvgIpc) is 2.52. The van der Waals surface area contributed by atoms with Crippen molar-refractivity contribution < 1.29 is 4.74 Å². The van der Waals surface area contributed by atoms with Crippen LogP contribution in [0, 0.1) is 0 Å². The van der Waals surface area contributed by atoms with Crippen molar-refractivity contribution in [3.8, 4) is 5.75 Å². The minimum Gasteiger partial charge on any atom is -0.494 e. The van der Waals surface area contributed by atoms with Gasteiger partial charge in [0, 0.05) is 5.54 Å². The molecule has 1 aliphatic rings. The minimum absolute atomic E-state index is 0.0611. The Morgan fingerprint density at radius 3 is 2.48 bits per heavy atom. The first-order valence-corrected chi connectivity index (χ1v) is 7.79. The van der Waals surface area contributed by atoms with Gasteiger partial charge < -0.3 is 10.5 Å². The molecule has 0 spiro atoms. The molecule has 0 aromatic heterocycles. The molecule has 1 atom stereocenters. The molecule has 0 radical (unpaired) electrons. The molecule has 0 saturated heterocycles.